The van der Waals surface area contributed by atoms with Gasteiger partial charge in [-0.1, -0.05) is 12.1 Å². The molecule has 0 radical (unpaired) electrons. The highest BCUT2D eigenvalue weighted by Gasteiger charge is 2.14. The minimum absolute atomic E-state index is 0.0198. The largest absolute Gasteiger partial charge is 0.481 e. The second-order valence-electron chi connectivity index (χ2n) is 3.64. The molecule has 0 heterocycles. The van der Waals surface area contributed by atoms with Crippen molar-refractivity contribution < 1.29 is 19.4 Å². The van der Waals surface area contributed by atoms with Crippen LogP contribution in [-0.4, -0.2) is 30.7 Å². The quantitative estimate of drug-likeness (QED) is 0.745. The molecule has 0 amide bonds. The summed E-state index contributed by atoms with van der Waals surface area (Å²) in [5.74, 6) is -1.55. The first kappa shape index (κ1) is 13.2. The van der Waals surface area contributed by atoms with Crippen molar-refractivity contribution in [3.8, 4) is 0 Å². The number of carbonyl (C=O) groups is 2. The van der Waals surface area contributed by atoms with Crippen molar-refractivity contribution in [3.63, 3.8) is 0 Å². The Morgan fingerprint density at radius 2 is 1.94 bits per heavy atom. The van der Waals surface area contributed by atoms with Crippen molar-refractivity contribution in [2.45, 2.75) is 12.3 Å². The van der Waals surface area contributed by atoms with Crippen LogP contribution >= 0.6 is 0 Å². The van der Waals surface area contributed by atoms with Crippen molar-refractivity contribution in [3.05, 3.63) is 35.4 Å². The zero-order valence-electron chi connectivity index (χ0n) is 9.55. The fourth-order valence-corrected chi connectivity index (χ4v) is 1.56. The van der Waals surface area contributed by atoms with E-state index in [4.69, 9.17) is 10.8 Å². The van der Waals surface area contributed by atoms with E-state index in [9.17, 15) is 9.59 Å². The first-order valence-corrected chi connectivity index (χ1v) is 5.18. The summed E-state index contributed by atoms with van der Waals surface area (Å²) in [7, 11) is 1.31. The van der Waals surface area contributed by atoms with Crippen LogP contribution in [0.4, 0.5) is 0 Å². The van der Waals surface area contributed by atoms with E-state index in [1.807, 2.05) is 0 Å². The smallest absolute Gasteiger partial charge is 0.337 e. The van der Waals surface area contributed by atoms with Gasteiger partial charge in [-0.15, -0.1) is 0 Å². The van der Waals surface area contributed by atoms with Crippen molar-refractivity contribution in [2.24, 2.45) is 5.73 Å². The summed E-state index contributed by atoms with van der Waals surface area (Å²) in [5, 5.41) is 8.73. The summed E-state index contributed by atoms with van der Waals surface area (Å²) < 4.78 is 4.57. The molecule has 0 saturated heterocycles. The van der Waals surface area contributed by atoms with Gasteiger partial charge in [0.2, 0.25) is 0 Å². The van der Waals surface area contributed by atoms with Gasteiger partial charge in [-0.25, -0.2) is 4.79 Å². The van der Waals surface area contributed by atoms with Crippen molar-refractivity contribution in [2.75, 3.05) is 13.7 Å². The molecule has 1 aromatic rings. The molecule has 0 bridgehead atoms. The van der Waals surface area contributed by atoms with Gasteiger partial charge in [-0.3, -0.25) is 4.79 Å². The van der Waals surface area contributed by atoms with Gasteiger partial charge in [0, 0.05) is 5.92 Å². The third-order valence-corrected chi connectivity index (χ3v) is 2.51. The van der Waals surface area contributed by atoms with E-state index in [0.717, 1.165) is 5.56 Å². The molecule has 1 aromatic carbocycles. The van der Waals surface area contributed by atoms with E-state index < -0.39 is 11.9 Å². The van der Waals surface area contributed by atoms with Gasteiger partial charge in [-0.2, -0.15) is 0 Å². The minimum atomic E-state index is -0.891. The topological polar surface area (TPSA) is 89.6 Å². The standard InChI is InChI=1S/C12H15NO4/c1-17-12(16)9-4-2-8(3-5-9)10(7-13)6-11(14)15/h2-5,10H,6-7,13H2,1H3,(H,14,15). The molecule has 0 aliphatic carbocycles. The van der Waals surface area contributed by atoms with Crippen molar-refractivity contribution in [1.82, 2.24) is 0 Å². The number of carboxylic acid groups (broad SMARTS) is 1. The molecular formula is C12H15NO4. The number of rotatable bonds is 5. The Morgan fingerprint density at radius 1 is 1.35 bits per heavy atom. The first-order chi connectivity index (χ1) is 8.08. The molecule has 92 valence electrons. The van der Waals surface area contributed by atoms with Gasteiger partial charge in [-0.05, 0) is 24.2 Å². The zero-order valence-corrected chi connectivity index (χ0v) is 9.55. The predicted molar refractivity (Wildman–Crippen MR) is 61.8 cm³/mol. The van der Waals surface area contributed by atoms with E-state index >= 15 is 0 Å². The molecule has 5 heteroatoms. The maximum absolute atomic E-state index is 11.2. The molecule has 1 unspecified atom stereocenters. The summed E-state index contributed by atoms with van der Waals surface area (Å²) in [6, 6.07) is 6.61. The highest BCUT2D eigenvalue weighted by molar-refractivity contribution is 5.89. The lowest BCUT2D eigenvalue weighted by Crippen LogP contribution is -2.16. The molecule has 1 rings (SSSR count). The minimum Gasteiger partial charge on any atom is -0.481 e. The van der Waals surface area contributed by atoms with Crippen LogP contribution in [0.2, 0.25) is 0 Å². The number of nitrogens with two attached hydrogens (primary N) is 1. The Bertz CT molecular complexity index is 399. The zero-order chi connectivity index (χ0) is 12.8. The van der Waals surface area contributed by atoms with Crippen LogP contribution in [0.3, 0.4) is 0 Å². The molecule has 0 fully saturated rings. The summed E-state index contributed by atoms with van der Waals surface area (Å²) >= 11 is 0. The number of hydrogen-bond donors (Lipinski definition) is 2. The Labute approximate surface area is 99.2 Å². The van der Waals surface area contributed by atoms with E-state index in [1.165, 1.54) is 7.11 Å². The van der Waals surface area contributed by atoms with Crippen LogP contribution in [0.15, 0.2) is 24.3 Å². The van der Waals surface area contributed by atoms with Crippen molar-refractivity contribution in [1.29, 1.82) is 0 Å². The molecule has 3 N–H and O–H groups in total. The summed E-state index contributed by atoms with van der Waals surface area (Å²) in [5.41, 5.74) is 6.76. The number of benzene rings is 1. The third-order valence-electron chi connectivity index (χ3n) is 2.51. The second-order valence-corrected chi connectivity index (χ2v) is 3.64. The van der Waals surface area contributed by atoms with Gasteiger partial charge >= 0.3 is 11.9 Å². The fourth-order valence-electron chi connectivity index (χ4n) is 1.56. The van der Waals surface area contributed by atoms with Gasteiger partial charge in [0.15, 0.2) is 0 Å². The average molecular weight is 237 g/mol. The number of ether oxygens (including phenoxy) is 1. The number of carbonyl (C=O) groups excluding carboxylic acids is 1. The number of carboxylic acids is 1. The first-order valence-electron chi connectivity index (χ1n) is 5.18. The van der Waals surface area contributed by atoms with E-state index in [1.54, 1.807) is 24.3 Å². The maximum Gasteiger partial charge on any atom is 0.337 e. The maximum atomic E-state index is 11.2. The second kappa shape index (κ2) is 6.00. The summed E-state index contributed by atoms with van der Waals surface area (Å²) in [6.07, 6.45) is -0.0198. The Balaban J connectivity index is 2.84. The summed E-state index contributed by atoms with van der Waals surface area (Å²) in [4.78, 5) is 21.8. The van der Waals surface area contributed by atoms with Gasteiger partial charge in [0.1, 0.15) is 0 Å². The van der Waals surface area contributed by atoms with Gasteiger partial charge in [0.25, 0.3) is 0 Å². The van der Waals surface area contributed by atoms with E-state index in [0.29, 0.717) is 5.56 Å². The third kappa shape index (κ3) is 3.57. The molecule has 5 nitrogen and oxygen atoms in total. The lowest BCUT2D eigenvalue weighted by Gasteiger charge is -2.12. The molecule has 1 atom stereocenters. The Hall–Kier alpha value is -1.88. The molecular weight excluding hydrogens is 222 g/mol. The molecule has 0 saturated carbocycles. The SMILES string of the molecule is COC(=O)c1ccc(C(CN)CC(=O)O)cc1. The highest BCUT2D eigenvalue weighted by atomic mass is 16.5. The lowest BCUT2D eigenvalue weighted by molar-refractivity contribution is -0.137. The monoisotopic (exact) mass is 237 g/mol. The lowest BCUT2D eigenvalue weighted by atomic mass is 9.95. The van der Waals surface area contributed by atoms with Crippen LogP contribution in [0, 0.1) is 0 Å². The number of aliphatic carboxylic acids is 1. The van der Waals surface area contributed by atoms with Gasteiger partial charge < -0.3 is 15.6 Å². The molecule has 0 aromatic heterocycles. The van der Waals surface area contributed by atoms with Crippen LogP contribution in [0.5, 0.6) is 0 Å². The predicted octanol–water partition coefficient (Wildman–Crippen LogP) is 0.990. The fraction of sp³-hybridized carbons (Fsp3) is 0.333. The van der Waals surface area contributed by atoms with Crippen LogP contribution < -0.4 is 5.73 Å². The number of methoxy groups -OCH3 is 1. The Morgan fingerprint density at radius 3 is 2.35 bits per heavy atom. The average Bonchev–Trinajstić information content (AvgIpc) is 2.35. The normalized spacial score (nSPS) is 11.9. The number of esters is 1. The molecule has 17 heavy (non-hydrogen) atoms. The van der Waals surface area contributed by atoms with Gasteiger partial charge in [0.05, 0.1) is 19.1 Å². The van der Waals surface area contributed by atoms with E-state index in [-0.39, 0.29) is 18.9 Å². The molecule has 0 spiro atoms. The summed E-state index contributed by atoms with van der Waals surface area (Å²) in [6.45, 7) is 0.254. The van der Waals surface area contributed by atoms with Crippen molar-refractivity contribution >= 4 is 11.9 Å². The number of hydrogen-bond acceptors (Lipinski definition) is 4. The highest BCUT2D eigenvalue weighted by Crippen LogP contribution is 2.19. The van der Waals surface area contributed by atoms with E-state index in [2.05, 4.69) is 4.74 Å². The molecule has 0 aliphatic rings. The molecule has 0 aliphatic heterocycles. The van der Waals surface area contributed by atoms with Crippen LogP contribution in [-0.2, 0) is 9.53 Å². The Kier molecular flexibility index (Phi) is 4.66. The van der Waals surface area contributed by atoms with Crippen LogP contribution in [0.1, 0.15) is 28.3 Å². The van der Waals surface area contributed by atoms with Crippen LogP contribution in [0.25, 0.3) is 0 Å².